The first kappa shape index (κ1) is 29.2. The van der Waals surface area contributed by atoms with Crippen molar-refractivity contribution in [2.45, 2.75) is 108 Å². The lowest BCUT2D eigenvalue weighted by Gasteiger charge is -2.44. The van der Waals surface area contributed by atoms with E-state index in [1.54, 1.807) is 0 Å². The van der Waals surface area contributed by atoms with Crippen LogP contribution in [0.1, 0.15) is 78.1 Å². The van der Waals surface area contributed by atoms with Crippen molar-refractivity contribution in [1.82, 2.24) is 0 Å². The van der Waals surface area contributed by atoms with Crippen molar-refractivity contribution < 1.29 is 41.7 Å². The third-order valence-electron chi connectivity index (χ3n) is 9.12. The minimum atomic E-state index is -5.77. The van der Waals surface area contributed by atoms with Crippen molar-refractivity contribution in [1.29, 1.82) is 0 Å². The van der Waals surface area contributed by atoms with Crippen LogP contribution in [-0.2, 0) is 0 Å². The van der Waals surface area contributed by atoms with Gasteiger partial charge in [0.2, 0.25) is 0 Å². The normalized spacial score (nSPS) is 35.4. The van der Waals surface area contributed by atoms with Gasteiger partial charge in [0.25, 0.3) is 5.60 Å². The maximum Gasteiger partial charge on any atom is 0.426 e. The fourth-order valence-electron chi connectivity index (χ4n) is 7.00. The molecular formula is C27H38F6O3. The zero-order valence-electron chi connectivity index (χ0n) is 20.9. The summed E-state index contributed by atoms with van der Waals surface area (Å²) in [5.41, 5.74) is -2.08. The van der Waals surface area contributed by atoms with Crippen LogP contribution in [0.15, 0.2) is 35.5 Å². The zero-order valence-corrected chi connectivity index (χ0v) is 20.9. The number of halogens is 6. The van der Waals surface area contributed by atoms with Gasteiger partial charge in [0.05, 0.1) is 12.2 Å². The lowest BCUT2D eigenvalue weighted by atomic mass is 9.60. The van der Waals surface area contributed by atoms with Gasteiger partial charge in [0, 0.05) is 6.42 Å². The van der Waals surface area contributed by atoms with Crippen molar-refractivity contribution in [3.63, 3.8) is 0 Å². The van der Waals surface area contributed by atoms with E-state index in [1.807, 2.05) is 13.0 Å². The van der Waals surface area contributed by atoms with Crippen LogP contribution in [0, 0.1) is 23.2 Å². The second-order valence-electron chi connectivity index (χ2n) is 11.4. The first-order valence-corrected chi connectivity index (χ1v) is 12.8. The summed E-state index contributed by atoms with van der Waals surface area (Å²) in [5.74, 6) is 0.355. The van der Waals surface area contributed by atoms with Crippen LogP contribution in [0.3, 0.4) is 0 Å². The number of alkyl halides is 6. The molecule has 0 aromatic rings. The van der Waals surface area contributed by atoms with Gasteiger partial charge in [-0.05, 0) is 85.7 Å². The molecule has 3 saturated carbocycles. The number of hydrogen-bond donors (Lipinski definition) is 3. The molecule has 0 bridgehead atoms. The Hall–Kier alpha value is -1.32. The second-order valence-corrected chi connectivity index (χ2v) is 11.4. The molecule has 3 nitrogen and oxygen atoms in total. The van der Waals surface area contributed by atoms with Gasteiger partial charge in [-0.2, -0.15) is 26.3 Å². The Morgan fingerprint density at radius 1 is 1.08 bits per heavy atom. The van der Waals surface area contributed by atoms with E-state index in [1.165, 1.54) is 5.57 Å². The van der Waals surface area contributed by atoms with Crippen LogP contribution in [0.4, 0.5) is 26.3 Å². The highest BCUT2D eigenvalue weighted by molar-refractivity contribution is 5.38. The molecule has 3 fully saturated rings. The maximum absolute atomic E-state index is 13.0. The first-order valence-electron chi connectivity index (χ1n) is 12.8. The number of aliphatic hydroxyl groups is 3. The Labute approximate surface area is 209 Å². The third-order valence-corrected chi connectivity index (χ3v) is 9.12. The first-order chi connectivity index (χ1) is 16.5. The van der Waals surface area contributed by atoms with E-state index in [4.69, 9.17) is 0 Å². The number of allylic oxidation sites excluding steroid dienone is 3. The van der Waals surface area contributed by atoms with E-state index in [9.17, 15) is 41.7 Å². The molecule has 0 aromatic heterocycles. The topological polar surface area (TPSA) is 60.7 Å². The molecule has 36 heavy (non-hydrogen) atoms. The summed E-state index contributed by atoms with van der Waals surface area (Å²) in [5, 5.41) is 29.5. The standard InChI is InChI=1S/C27H38F6O3/c1-16(6-4-13-25(36,26(28,29)30)27(31,32)33)21-10-11-22-18(7-5-12-24(21,22)3)8-9-19-14-20(34)15-23(35)17(19)2/h8-9,16,20-23,34-36H,2,4-7,10-15H2,1,3H3/b18-8-,19-9-/t16-,20-,21-,22+,23+,24-/m1/s1. The summed E-state index contributed by atoms with van der Waals surface area (Å²) in [6.45, 7) is 8.03. The summed E-state index contributed by atoms with van der Waals surface area (Å²) < 4.78 is 78.1. The van der Waals surface area contributed by atoms with Gasteiger partial charge < -0.3 is 15.3 Å². The predicted octanol–water partition coefficient (Wildman–Crippen LogP) is 6.79. The molecule has 0 spiro atoms. The molecule has 3 rings (SSSR count). The van der Waals surface area contributed by atoms with E-state index in [0.29, 0.717) is 12.0 Å². The van der Waals surface area contributed by atoms with Gasteiger partial charge in [-0.15, -0.1) is 0 Å². The lowest BCUT2D eigenvalue weighted by Crippen LogP contribution is -2.56. The largest absolute Gasteiger partial charge is 0.426 e. The van der Waals surface area contributed by atoms with Crippen molar-refractivity contribution >= 4 is 0 Å². The molecule has 0 amide bonds. The van der Waals surface area contributed by atoms with E-state index >= 15 is 0 Å². The molecule has 3 aliphatic carbocycles. The van der Waals surface area contributed by atoms with Crippen LogP contribution in [0.5, 0.6) is 0 Å². The highest BCUT2D eigenvalue weighted by atomic mass is 19.4. The molecule has 206 valence electrons. The highest BCUT2D eigenvalue weighted by Crippen LogP contribution is 2.60. The molecule has 0 aliphatic heterocycles. The van der Waals surface area contributed by atoms with Crippen LogP contribution >= 0.6 is 0 Å². The van der Waals surface area contributed by atoms with Gasteiger partial charge in [-0.1, -0.05) is 44.6 Å². The van der Waals surface area contributed by atoms with Gasteiger partial charge in [0.1, 0.15) is 0 Å². The van der Waals surface area contributed by atoms with E-state index in [-0.39, 0.29) is 42.4 Å². The number of aliphatic hydroxyl groups excluding tert-OH is 2. The quantitative estimate of drug-likeness (QED) is 0.336. The summed E-state index contributed by atoms with van der Waals surface area (Å²) in [6.07, 6.45) is -5.24. The summed E-state index contributed by atoms with van der Waals surface area (Å²) in [6, 6.07) is 0. The van der Waals surface area contributed by atoms with Gasteiger partial charge in [-0.3, -0.25) is 0 Å². The summed E-state index contributed by atoms with van der Waals surface area (Å²) in [7, 11) is 0. The number of fused-ring (bicyclic) bond motifs is 1. The summed E-state index contributed by atoms with van der Waals surface area (Å²) >= 11 is 0. The van der Waals surface area contributed by atoms with E-state index in [0.717, 1.165) is 37.7 Å². The number of hydrogen-bond acceptors (Lipinski definition) is 3. The van der Waals surface area contributed by atoms with Crippen LogP contribution in [0.25, 0.3) is 0 Å². The molecule has 0 saturated heterocycles. The van der Waals surface area contributed by atoms with E-state index < -0.39 is 36.6 Å². The highest BCUT2D eigenvalue weighted by Gasteiger charge is 2.69. The maximum atomic E-state index is 13.0. The smallest absolute Gasteiger partial charge is 0.393 e. The molecule has 3 N–H and O–H groups in total. The monoisotopic (exact) mass is 524 g/mol. The average Bonchev–Trinajstić information content (AvgIpc) is 3.11. The average molecular weight is 525 g/mol. The van der Waals surface area contributed by atoms with Crippen molar-refractivity contribution in [2.75, 3.05) is 0 Å². The van der Waals surface area contributed by atoms with Gasteiger partial charge in [0.15, 0.2) is 0 Å². The van der Waals surface area contributed by atoms with Crippen LogP contribution in [0.2, 0.25) is 0 Å². The fraction of sp³-hybridized carbons (Fsp3) is 0.778. The molecule has 9 heteroatoms. The predicted molar refractivity (Wildman–Crippen MR) is 125 cm³/mol. The SMILES string of the molecule is C=C1/C(=C\C=C2\CCC[C@]3(C)[C@@H]([C@H](C)CCCC(O)(C(F)(F)F)C(F)(F)F)CC[C@@H]23)C[C@@H](O)C[C@@H]1O. The minimum Gasteiger partial charge on any atom is -0.393 e. The molecule has 0 heterocycles. The van der Waals surface area contributed by atoms with Crippen molar-refractivity contribution in [2.24, 2.45) is 23.2 Å². The molecular weight excluding hydrogens is 486 g/mol. The molecule has 0 unspecified atom stereocenters. The van der Waals surface area contributed by atoms with Crippen molar-refractivity contribution in [3.05, 3.63) is 35.5 Å². The zero-order chi connectivity index (χ0) is 27.1. The minimum absolute atomic E-state index is 0.0770. The van der Waals surface area contributed by atoms with Gasteiger partial charge >= 0.3 is 12.4 Å². The van der Waals surface area contributed by atoms with Crippen LogP contribution in [-0.4, -0.2) is 45.5 Å². The second kappa shape index (κ2) is 10.4. The molecule has 0 radical (unpaired) electrons. The molecule has 3 aliphatic rings. The number of rotatable bonds is 6. The molecule has 0 aromatic carbocycles. The Morgan fingerprint density at radius 3 is 2.33 bits per heavy atom. The third kappa shape index (κ3) is 5.58. The van der Waals surface area contributed by atoms with E-state index in [2.05, 4.69) is 19.6 Å². The summed E-state index contributed by atoms with van der Waals surface area (Å²) in [4.78, 5) is 0. The fourth-order valence-corrected chi connectivity index (χ4v) is 7.00. The van der Waals surface area contributed by atoms with Crippen molar-refractivity contribution in [3.8, 4) is 0 Å². The van der Waals surface area contributed by atoms with Gasteiger partial charge in [-0.25, -0.2) is 0 Å². The molecule has 6 atom stereocenters. The Kier molecular flexibility index (Phi) is 8.48. The van der Waals surface area contributed by atoms with Crippen LogP contribution < -0.4 is 0 Å². The Morgan fingerprint density at radius 2 is 1.72 bits per heavy atom. The Balaban J connectivity index is 1.69. The Bertz CT molecular complexity index is 860. The lowest BCUT2D eigenvalue weighted by molar-refractivity contribution is -0.370.